The van der Waals surface area contributed by atoms with E-state index in [9.17, 15) is 8.78 Å². The standard InChI is InChI=1S/C10H7BrClF2N3/c11-6-1-2-8(13)5(9(6)14)3-17-4-7(12)10(15)16-17/h1-2,4H,3H2,(H2,15,16). The molecule has 1 heterocycles. The van der Waals surface area contributed by atoms with Crippen LogP contribution in [0.2, 0.25) is 5.02 Å². The van der Waals surface area contributed by atoms with Crippen molar-refractivity contribution in [2.24, 2.45) is 0 Å². The van der Waals surface area contributed by atoms with Gasteiger partial charge in [-0.2, -0.15) is 5.10 Å². The Labute approximate surface area is 109 Å². The maximum Gasteiger partial charge on any atom is 0.164 e. The largest absolute Gasteiger partial charge is 0.381 e. The van der Waals surface area contributed by atoms with E-state index in [4.69, 9.17) is 17.3 Å². The molecule has 2 N–H and O–H groups in total. The lowest BCUT2D eigenvalue weighted by atomic mass is 10.2. The summed E-state index contributed by atoms with van der Waals surface area (Å²) < 4.78 is 28.6. The summed E-state index contributed by atoms with van der Waals surface area (Å²) in [4.78, 5) is 0. The van der Waals surface area contributed by atoms with Crippen molar-refractivity contribution in [2.75, 3.05) is 5.73 Å². The fourth-order valence-corrected chi connectivity index (χ4v) is 1.89. The molecule has 2 rings (SSSR count). The second kappa shape index (κ2) is 4.62. The summed E-state index contributed by atoms with van der Waals surface area (Å²) in [7, 11) is 0. The molecule has 3 nitrogen and oxygen atoms in total. The number of nitrogen functional groups attached to an aromatic ring is 1. The SMILES string of the molecule is Nc1nn(Cc2c(F)ccc(Br)c2F)cc1Cl. The molecule has 0 unspecified atom stereocenters. The molecule has 1 aromatic heterocycles. The first kappa shape index (κ1) is 12.3. The third kappa shape index (κ3) is 2.42. The molecule has 0 aliphatic heterocycles. The number of aromatic nitrogens is 2. The van der Waals surface area contributed by atoms with Crippen LogP contribution in [0.4, 0.5) is 14.6 Å². The van der Waals surface area contributed by atoms with Gasteiger partial charge in [0.2, 0.25) is 0 Å². The molecule has 2 aromatic rings. The van der Waals surface area contributed by atoms with E-state index in [2.05, 4.69) is 21.0 Å². The van der Waals surface area contributed by atoms with Crippen LogP contribution in [0.15, 0.2) is 22.8 Å². The van der Waals surface area contributed by atoms with Gasteiger partial charge in [-0.1, -0.05) is 11.6 Å². The van der Waals surface area contributed by atoms with E-state index < -0.39 is 11.6 Å². The summed E-state index contributed by atoms with van der Waals surface area (Å²) in [5, 5.41) is 4.08. The summed E-state index contributed by atoms with van der Waals surface area (Å²) in [6, 6.07) is 2.48. The lowest BCUT2D eigenvalue weighted by molar-refractivity contribution is 0.530. The first-order valence-corrected chi connectivity index (χ1v) is 5.77. The van der Waals surface area contributed by atoms with E-state index >= 15 is 0 Å². The molecule has 0 bridgehead atoms. The predicted octanol–water partition coefficient (Wildman–Crippen LogP) is 3.21. The molecule has 0 aliphatic rings. The fraction of sp³-hybridized carbons (Fsp3) is 0.100. The molecule has 0 aliphatic carbocycles. The summed E-state index contributed by atoms with van der Waals surface area (Å²) >= 11 is 8.69. The summed E-state index contributed by atoms with van der Waals surface area (Å²) in [5.74, 6) is -1.17. The van der Waals surface area contributed by atoms with Gasteiger partial charge in [-0.15, -0.1) is 0 Å². The normalized spacial score (nSPS) is 10.8. The second-order valence-electron chi connectivity index (χ2n) is 3.38. The van der Waals surface area contributed by atoms with Gasteiger partial charge in [0, 0.05) is 11.8 Å². The minimum absolute atomic E-state index is 0.0754. The number of nitrogens with two attached hydrogens (primary N) is 1. The number of anilines is 1. The van der Waals surface area contributed by atoms with Gasteiger partial charge in [0.15, 0.2) is 5.82 Å². The lowest BCUT2D eigenvalue weighted by Crippen LogP contribution is -2.06. The smallest absolute Gasteiger partial charge is 0.164 e. The minimum atomic E-state index is -0.657. The van der Waals surface area contributed by atoms with Crippen molar-refractivity contribution >= 4 is 33.3 Å². The van der Waals surface area contributed by atoms with Gasteiger partial charge in [-0.05, 0) is 28.1 Å². The van der Waals surface area contributed by atoms with Crippen molar-refractivity contribution in [1.29, 1.82) is 0 Å². The summed E-state index contributed by atoms with van der Waals surface area (Å²) in [5.41, 5.74) is 5.34. The van der Waals surface area contributed by atoms with Crippen LogP contribution in [0.25, 0.3) is 0 Å². The number of benzene rings is 1. The third-order valence-electron chi connectivity index (χ3n) is 2.20. The van der Waals surface area contributed by atoms with Gasteiger partial charge in [0.1, 0.15) is 16.7 Å². The molecule has 0 saturated carbocycles. The van der Waals surface area contributed by atoms with Gasteiger partial charge < -0.3 is 5.73 Å². The van der Waals surface area contributed by atoms with E-state index in [1.165, 1.54) is 23.0 Å². The Morgan fingerprint density at radius 3 is 2.71 bits per heavy atom. The number of nitrogens with zero attached hydrogens (tertiary/aromatic N) is 2. The van der Waals surface area contributed by atoms with Crippen molar-refractivity contribution in [2.45, 2.75) is 6.54 Å². The van der Waals surface area contributed by atoms with Crippen LogP contribution >= 0.6 is 27.5 Å². The topological polar surface area (TPSA) is 43.8 Å². The summed E-state index contributed by atoms with van der Waals surface area (Å²) in [6.07, 6.45) is 1.41. The quantitative estimate of drug-likeness (QED) is 0.863. The highest BCUT2D eigenvalue weighted by molar-refractivity contribution is 9.10. The van der Waals surface area contributed by atoms with E-state index in [1.807, 2.05) is 0 Å². The van der Waals surface area contributed by atoms with Crippen molar-refractivity contribution in [1.82, 2.24) is 9.78 Å². The maximum atomic E-state index is 13.7. The van der Waals surface area contributed by atoms with E-state index in [1.54, 1.807) is 0 Å². The molecule has 0 spiro atoms. The average molecular weight is 323 g/mol. The molecule has 1 aromatic carbocycles. The Bertz CT molecular complexity index is 551. The Morgan fingerprint density at radius 1 is 1.41 bits per heavy atom. The molecular weight excluding hydrogens is 315 g/mol. The average Bonchev–Trinajstić information content (AvgIpc) is 2.59. The first-order valence-electron chi connectivity index (χ1n) is 4.60. The number of hydrogen-bond acceptors (Lipinski definition) is 2. The maximum absolute atomic E-state index is 13.7. The highest BCUT2D eigenvalue weighted by Crippen LogP contribution is 2.23. The third-order valence-corrected chi connectivity index (χ3v) is 3.11. The highest BCUT2D eigenvalue weighted by Gasteiger charge is 2.14. The van der Waals surface area contributed by atoms with Gasteiger partial charge in [-0.3, -0.25) is 4.68 Å². The van der Waals surface area contributed by atoms with E-state index in [-0.39, 0.29) is 27.4 Å². The van der Waals surface area contributed by atoms with Gasteiger partial charge >= 0.3 is 0 Å². The van der Waals surface area contributed by atoms with Crippen LogP contribution in [-0.4, -0.2) is 9.78 Å². The lowest BCUT2D eigenvalue weighted by Gasteiger charge is -2.06. The molecule has 0 fully saturated rings. The summed E-state index contributed by atoms with van der Waals surface area (Å²) in [6.45, 7) is -0.0754. The van der Waals surface area contributed by atoms with Crippen LogP contribution in [0.5, 0.6) is 0 Å². The molecular formula is C10H7BrClF2N3. The van der Waals surface area contributed by atoms with Crippen molar-refractivity contribution in [3.63, 3.8) is 0 Å². The number of hydrogen-bond donors (Lipinski definition) is 1. The molecule has 7 heteroatoms. The zero-order valence-corrected chi connectivity index (χ0v) is 10.8. The predicted molar refractivity (Wildman–Crippen MR) is 64.8 cm³/mol. The van der Waals surface area contributed by atoms with E-state index in [0.29, 0.717) is 0 Å². The zero-order valence-electron chi connectivity index (χ0n) is 8.42. The van der Waals surface area contributed by atoms with E-state index in [0.717, 1.165) is 0 Å². The fourth-order valence-electron chi connectivity index (χ4n) is 1.37. The van der Waals surface area contributed by atoms with Crippen LogP contribution in [0.1, 0.15) is 5.56 Å². The van der Waals surface area contributed by atoms with Crippen LogP contribution in [-0.2, 0) is 6.54 Å². The van der Waals surface area contributed by atoms with Gasteiger partial charge in [0.25, 0.3) is 0 Å². The molecule has 90 valence electrons. The monoisotopic (exact) mass is 321 g/mol. The van der Waals surface area contributed by atoms with Gasteiger partial charge in [-0.25, -0.2) is 8.78 Å². The molecule has 0 radical (unpaired) electrons. The zero-order chi connectivity index (χ0) is 12.6. The molecule has 0 saturated heterocycles. The Hall–Kier alpha value is -1.14. The van der Waals surface area contributed by atoms with Crippen LogP contribution in [0, 0.1) is 11.6 Å². The minimum Gasteiger partial charge on any atom is -0.381 e. The number of halogens is 4. The Kier molecular flexibility index (Phi) is 3.35. The Morgan fingerprint density at radius 2 is 2.12 bits per heavy atom. The van der Waals surface area contributed by atoms with Crippen LogP contribution < -0.4 is 5.73 Å². The molecule has 17 heavy (non-hydrogen) atoms. The first-order chi connectivity index (χ1) is 7.99. The molecule has 0 amide bonds. The van der Waals surface area contributed by atoms with Crippen molar-refractivity contribution < 1.29 is 8.78 Å². The second-order valence-corrected chi connectivity index (χ2v) is 4.64. The molecule has 0 atom stereocenters. The van der Waals surface area contributed by atoms with Crippen molar-refractivity contribution in [3.8, 4) is 0 Å². The van der Waals surface area contributed by atoms with Crippen LogP contribution in [0.3, 0.4) is 0 Å². The number of rotatable bonds is 2. The Balaban J connectivity index is 2.39. The van der Waals surface area contributed by atoms with Gasteiger partial charge in [0.05, 0.1) is 11.0 Å². The van der Waals surface area contributed by atoms with Crippen molar-refractivity contribution in [3.05, 3.63) is 45.0 Å². The highest BCUT2D eigenvalue weighted by atomic mass is 79.9.